The van der Waals surface area contributed by atoms with E-state index in [-0.39, 0.29) is 23.3 Å². The van der Waals surface area contributed by atoms with Crippen LogP contribution in [-0.2, 0) is 21.2 Å². The Bertz CT molecular complexity index is 1410. The minimum Gasteiger partial charge on any atom is -0.497 e. The van der Waals surface area contributed by atoms with Crippen molar-refractivity contribution in [2.24, 2.45) is 11.8 Å². The van der Waals surface area contributed by atoms with Crippen molar-refractivity contribution in [2.75, 3.05) is 44.7 Å². The minimum atomic E-state index is -4.50. The van der Waals surface area contributed by atoms with E-state index in [1.165, 1.54) is 19.2 Å². The fraction of sp³-hybridized carbons (Fsp3) is 0.588. The number of hydrogen-bond donors (Lipinski definition) is 2. The molecule has 2 saturated heterocycles. The molecule has 2 aliphatic heterocycles. The van der Waals surface area contributed by atoms with E-state index >= 15 is 4.39 Å². The van der Waals surface area contributed by atoms with Crippen LogP contribution in [0.3, 0.4) is 0 Å². The molecule has 2 aromatic rings. The molecule has 0 spiro atoms. The number of likely N-dealkylation sites (tertiary alicyclic amines) is 1. The van der Waals surface area contributed by atoms with Gasteiger partial charge in [0.05, 0.1) is 24.0 Å². The number of nitrogens with one attached hydrogen (secondary N) is 1. The van der Waals surface area contributed by atoms with Crippen LogP contribution in [0, 0.1) is 17.7 Å². The topological polar surface area (TPSA) is 82.1 Å². The van der Waals surface area contributed by atoms with E-state index in [4.69, 9.17) is 4.74 Å². The van der Waals surface area contributed by atoms with E-state index in [2.05, 4.69) is 5.32 Å². The van der Waals surface area contributed by atoms with E-state index in [1.807, 2.05) is 25.7 Å². The quantitative estimate of drug-likeness (QED) is 0.337. The number of methoxy groups -OCH3 is 1. The zero-order valence-electron chi connectivity index (χ0n) is 26.3. The van der Waals surface area contributed by atoms with E-state index in [9.17, 15) is 27.9 Å². The first kappa shape index (κ1) is 33.0. The highest BCUT2D eigenvalue weighted by atomic mass is 19.4. The second-order valence-corrected chi connectivity index (χ2v) is 13.8. The monoisotopic (exact) mass is 633 g/mol. The molecule has 1 amide bonds. The second-order valence-electron chi connectivity index (χ2n) is 13.8. The Morgan fingerprint density at radius 3 is 2.22 bits per heavy atom. The van der Waals surface area contributed by atoms with Crippen molar-refractivity contribution in [2.45, 2.75) is 75.9 Å². The van der Waals surface area contributed by atoms with Gasteiger partial charge in [0.25, 0.3) is 0 Å². The first-order chi connectivity index (χ1) is 21.1. The van der Waals surface area contributed by atoms with Crippen LogP contribution in [0.2, 0.25) is 0 Å². The van der Waals surface area contributed by atoms with Gasteiger partial charge in [-0.1, -0.05) is 12.1 Å². The Kier molecular flexibility index (Phi) is 9.14. The molecule has 2 N–H and O–H groups in total. The lowest BCUT2D eigenvalue weighted by molar-refractivity contribution is -0.142. The van der Waals surface area contributed by atoms with Crippen LogP contribution in [0.1, 0.15) is 75.5 Å². The molecule has 7 nitrogen and oxygen atoms in total. The van der Waals surface area contributed by atoms with Crippen LogP contribution in [0.5, 0.6) is 5.75 Å². The number of hydrogen-bond acceptors (Lipinski definition) is 5. The summed E-state index contributed by atoms with van der Waals surface area (Å²) in [5.74, 6) is -1.75. The fourth-order valence-corrected chi connectivity index (χ4v) is 7.08. The SMILES string of the molecule is COc1ccc(C2(C(=O)N3CCC(c4ccc(C(F)(F)F)cc4N4CCC(C(=O)O)CC4)CC3)CC2CNC(C)(C)C)c(F)c1. The Labute approximate surface area is 261 Å². The summed E-state index contributed by atoms with van der Waals surface area (Å²) in [6, 6.07) is 8.49. The molecule has 45 heavy (non-hydrogen) atoms. The number of carboxylic acids is 1. The fourth-order valence-electron chi connectivity index (χ4n) is 7.08. The molecule has 2 aromatic carbocycles. The third-order valence-electron chi connectivity index (χ3n) is 9.79. The number of rotatable bonds is 8. The largest absolute Gasteiger partial charge is 0.497 e. The molecule has 0 radical (unpaired) electrons. The minimum absolute atomic E-state index is 0.0743. The van der Waals surface area contributed by atoms with E-state index < -0.39 is 34.9 Å². The van der Waals surface area contributed by atoms with E-state index in [1.54, 1.807) is 23.1 Å². The number of benzene rings is 2. The molecule has 1 aliphatic carbocycles. The van der Waals surface area contributed by atoms with Crippen molar-refractivity contribution in [1.82, 2.24) is 10.2 Å². The summed E-state index contributed by atoms with van der Waals surface area (Å²) in [7, 11) is 1.47. The Hall–Kier alpha value is -3.34. The van der Waals surface area contributed by atoms with Gasteiger partial charge in [0.2, 0.25) is 5.91 Å². The molecule has 3 fully saturated rings. The molecule has 1 saturated carbocycles. The molecule has 2 heterocycles. The molecule has 0 aromatic heterocycles. The van der Waals surface area contributed by atoms with Crippen LogP contribution in [0.25, 0.3) is 0 Å². The predicted molar refractivity (Wildman–Crippen MR) is 163 cm³/mol. The number of alkyl halides is 3. The van der Waals surface area contributed by atoms with Gasteiger partial charge in [-0.2, -0.15) is 13.2 Å². The molecule has 2 unspecified atom stereocenters. The van der Waals surface area contributed by atoms with Gasteiger partial charge in [0.1, 0.15) is 11.6 Å². The van der Waals surface area contributed by atoms with Crippen LogP contribution in [0.4, 0.5) is 23.2 Å². The number of carbonyl (C=O) groups excluding carboxylic acids is 1. The van der Waals surface area contributed by atoms with Crippen molar-refractivity contribution >= 4 is 17.6 Å². The standard InChI is InChI=1S/C34H43F4N3O4/c1-32(2,3)39-20-24-19-33(24,27-8-6-25(45-4)18-28(27)35)31(44)41-15-9-21(10-16-41)26-7-5-23(34(36,37)38)17-29(26)40-13-11-22(12-14-40)30(42)43/h5-8,17-18,21-22,24,39H,9-16,19-20H2,1-4H3,(H,42,43). The first-order valence-corrected chi connectivity index (χ1v) is 15.7. The van der Waals surface area contributed by atoms with Gasteiger partial charge in [-0.25, -0.2) is 4.39 Å². The third kappa shape index (κ3) is 6.93. The predicted octanol–water partition coefficient (Wildman–Crippen LogP) is 6.21. The molecule has 5 rings (SSSR count). The van der Waals surface area contributed by atoms with Gasteiger partial charge < -0.3 is 25.0 Å². The number of carboxylic acid groups (broad SMARTS) is 1. The second kappa shape index (κ2) is 12.5. The van der Waals surface area contributed by atoms with Crippen molar-refractivity contribution < 1.29 is 37.0 Å². The van der Waals surface area contributed by atoms with Crippen LogP contribution < -0.4 is 15.0 Å². The number of amides is 1. The summed E-state index contributed by atoms with van der Waals surface area (Å²) in [4.78, 5) is 29.4. The number of halogens is 4. The summed E-state index contributed by atoms with van der Waals surface area (Å²) in [5.41, 5.74) is -0.247. The Balaban J connectivity index is 1.36. The molecule has 0 bridgehead atoms. The van der Waals surface area contributed by atoms with Gasteiger partial charge in [0.15, 0.2) is 0 Å². The summed E-state index contributed by atoms with van der Waals surface area (Å²) >= 11 is 0. The Morgan fingerprint density at radius 2 is 1.67 bits per heavy atom. The third-order valence-corrected chi connectivity index (χ3v) is 9.79. The van der Waals surface area contributed by atoms with Gasteiger partial charge in [-0.15, -0.1) is 0 Å². The van der Waals surface area contributed by atoms with Gasteiger partial charge in [-0.05, 0) is 95.0 Å². The molecular formula is C34H43F4N3O4. The average Bonchev–Trinajstić information content (AvgIpc) is 3.73. The molecular weight excluding hydrogens is 590 g/mol. The van der Waals surface area contributed by atoms with Gasteiger partial charge in [-0.3, -0.25) is 9.59 Å². The maximum Gasteiger partial charge on any atom is 0.416 e. The highest BCUT2D eigenvalue weighted by Gasteiger charge is 2.63. The zero-order chi connectivity index (χ0) is 32.7. The number of nitrogens with zero attached hydrogens (tertiary/aromatic N) is 2. The Morgan fingerprint density at radius 1 is 1.00 bits per heavy atom. The lowest BCUT2D eigenvalue weighted by Gasteiger charge is -2.38. The smallest absolute Gasteiger partial charge is 0.416 e. The molecule has 3 aliphatic rings. The van der Waals surface area contributed by atoms with Crippen molar-refractivity contribution in [3.05, 3.63) is 58.9 Å². The van der Waals surface area contributed by atoms with Crippen LogP contribution >= 0.6 is 0 Å². The number of aliphatic carboxylic acids is 1. The van der Waals surface area contributed by atoms with E-state index in [0.717, 1.165) is 11.6 Å². The number of ether oxygens (including phenoxy) is 1. The highest BCUT2D eigenvalue weighted by molar-refractivity contribution is 5.92. The van der Waals surface area contributed by atoms with Gasteiger partial charge >= 0.3 is 12.1 Å². The molecule has 246 valence electrons. The van der Waals surface area contributed by atoms with Crippen molar-refractivity contribution in [3.63, 3.8) is 0 Å². The summed E-state index contributed by atoms with van der Waals surface area (Å²) in [6.45, 7) is 8.23. The van der Waals surface area contributed by atoms with Crippen LogP contribution in [-0.4, -0.2) is 67.3 Å². The number of piperidine rings is 2. The first-order valence-electron chi connectivity index (χ1n) is 15.7. The van der Waals surface area contributed by atoms with Gasteiger partial charge in [0, 0.05) is 49.0 Å². The van der Waals surface area contributed by atoms with Crippen molar-refractivity contribution in [1.29, 1.82) is 0 Å². The lowest BCUT2D eigenvalue weighted by atomic mass is 9.85. The summed E-state index contributed by atoms with van der Waals surface area (Å²) in [6.07, 6.45) is -2.13. The average molecular weight is 634 g/mol. The maximum absolute atomic E-state index is 15.4. The highest BCUT2D eigenvalue weighted by Crippen LogP contribution is 2.57. The van der Waals surface area contributed by atoms with Crippen LogP contribution in [0.15, 0.2) is 36.4 Å². The summed E-state index contributed by atoms with van der Waals surface area (Å²) in [5, 5.41) is 12.9. The normalized spacial score (nSPS) is 23.2. The molecule has 2 atom stereocenters. The van der Waals surface area contributed by atoms with Crippen molar-refractivity contribution in [3.8, 4) is 5.75 Å². The maximum atomic E-state index is 15.4. The number of carbonyl (C=O) groups is 2. The summed E-state index contributed by atoms with van der Waals surface area (Å²) < 4.78 is 61.8. The zero-order valence-corrected chi connectivity index (χ0v) is 26.3. The molecule has 11 heteroatoms. The number of anilines is 1. The lowest BCUT2D eigenvalue weighted by Crippen LogP contribution is -2.46. The van der Waals surface area contributed by atoms with E-state index in [0.29, 0.717) is 81.8 Å².